The van der Waals surface area contributed by atoms with Gasteiger partial charge in [0, 0.05) is 12.1 Å². The molecule has 1 spiro atoms. The molecule has 1 nitrogen and oxygen atoms in total. The zero-order chi connectivity index (χ0) is 11.7. The van der Waals surface area contributed by atoms with Crippen LogP contribution in [0.2, 0.25) is 0 Å². The number of rotatable bonds is 0. The zero-order valence-electron chi connectivity index (χ0n) is 10.8. The number of hydrogen-bond donors (Lipinski definition) is 1. The molecule has 1 N–H and O–H groups in total. The van der Waals surface area contributed by atoms with Crippen LogP contribution in [0.4, 0.5) is 0 Å². The van der Waals surface area contributed by atoms with Crippen molar-refractivity contribution >= 4 is 0 Å². The Hall–Kier alpha value is -0.820. The van der Waals surface area contributed by atoms with Crippen molar-refractivity contribution in [3.63, 3.8) is 0 Å². The van der Waals surface area contributed by atoms with Crippen LogP contribution >= 0.6 is 0 Å². The maximum atomic E-state index is 3.90. The lowest BCUT2D eigenvalue weighted by atomic mass is 9.72. The van der Waals surface area contributed by atoms with Gasteiger partial charge in [0.25, 0.3) is 0 Å². The molecule has 1 aromatic rings. The summed E-state index contributed by atoms with van der Waals surface area (Å²) in [6.07, 6.45) is 8.26. The van der Waals surface area contributed by atoms with E-state index in [1.165, 1.54) is 44.1 Å². The summed E-state index contributed by atoms with van der Waals surface area (Å²) in [6, 6.07) is 8.96. The Morgan fingerprint density at radius 3 is 2.53 bits per heavy atom. The average Bonchev–Trinajstić information content (AvgIpc) is 2.50. The first-order valence-corrected chi connectivity index (χ1v) is 7.12. The Morgan fingerprint density at radius 2 is 1.76 bits per heavy atom. The van der Waals surface area contributed by atoms with Crippen LogP contribution in [-0.2, 0) is 13.0 Å². The number of hydrogen-bond acceptors (Lipinski definition) is 1. The predicted octanol–water partition coefficient (Wildman–Crippen LogP) is 3.67. The van der Waals surface area contributed by atoms with Gasteiger partial charge >= 0.3 is 0 Å². The standard InChI is InChI=1S/C16H23N/c1-13-11-14-7-3-4-8-15(14)12-17-16(13)9-5-2-6-10-16/h3-4,7-8,13,17H,2,5-6,9-12H2,1H3/t13-/m0/s1. The van der Waals surface area contributed by atoms with Gasteiger partial charge in [-0.25, -0.2) is 0 Å². The highest BCUT2D eigenvalue weighted by Crippen LogP contribution is 2.38. The zero-order valence-corrected chi connectivity index (χ0v) is 10.8. The first kappa shape index (κ1) is 11.3. The second kappa shape index (κ2) is 4.45. The fourth-order valence-electron chi connectivity index (χ4n) is 3.75. The third kappa shape index (κ3) is 2.01. The minimum Gasteiger partial charge on any atom is -0.307 e. The molecule has 0 unspecified atom stereocenters. The monoisotopic (exact) mass is 229 g/mol. The lowest BCUT2D eigenvalue weighted by Crippen LogP contribution is -2.50. The molecule has 1 heteroatoms. The molecule has 0 bridgehead atoms. The van der Waals surface area contributed by atoms with Crippen LogP contribution in [0.5, 0.6) is 0 Å². The Bertz CT molecular complexity index is 390. The first-order valence-electron chi connectivity index (χ1n) is 7.12. The maximum absolute atomic E-state index is 3.90. The molecule has 92 valence electrons. The van der Waals surface area contributed by atoms with Crippen LogP contribution in [0.15, 0.2) is 24.3 Å². The maximum Gasteiger partial charge on any atom is 0.0213 e. The molecule has 1 saturated carbocycles. The van der Waals surface area contributed by atoms with E-state index < -0.39 is 0 Å². The van der Waals surface area contributed by atoms with Gasteiger partial charge in [0.05, 0.1) is 0 Å². The lowest BCUT2D eigenvalue weighted by molar-refractivity contribution is 0.158. The number of nitrogens with one attached hydrogen (secondary N) is 1. The van der Waals surface area contributed by atoms with Crippen molar-refractivity contribution in [3.05, 3.63) is 35.4 Å². The van der Waals surface area contributed by atoms with E-state index in [0.29, 0.717) is 5.54 Å². The van der Waals surface area contributed by atoms with E-state index in [4.69, 9.17) is 0 Å². The molecule has 1 aliphatic heterocycles. The molecule has 1 fully saturated rings. The van der Waals surface area contributed by atoms with Crippen molar-refractivity contribution in [1.29, 1.82) is 0 Å². The molecule has 1 aliphatic carbocycles. The summed E-state index contributed by atoms with van der Waals surface area (Å²) in [4.78, 5) is 0. The van der Waals surface area contributed by atoms with Gasteiger partial charge in [-0.15, -0.1) is 0 Å². The van der Waals surface area contributed by atoms with Crippen LogP contribution in [0.3, 0.4) is 0 Å². The van der Waals surface area contributed by atoms with Crippen molar-refractivity contribution in [2.24, 2.45) is 5.92 Å². The second-order valence-corrected chi connectivity index (χ2v) is 5.94. The van der Waals surface area contributed by atoms with Crippen LogP contribution in [0.25, 0.3) is 0 Å². The quantitative estimate of drug-likeness (QED) is 0.715. The van der Waals surface area contributed by atoms with Gasteiger partial charge in [0.2, 0.25) is 0 Å². The highest BCUT2D eigenvalue weighted by Gasteiger charge is 2.38. The Kier molecular flexibility index (Phi) is 2.96. The predicted molar refractivity (Wildman–Crippen MR) is 72.0 cm³/mol. The van der Waals surface area contributed by atoms with Gasteiger partial charge in [0.1, 0.15) is 0 Å². The topological polar surface area (TPSA) is 12.0 Å². The van der Waals surface area contributed by atoms with Crippen molar-refractivity contribution in [2.45, 2.75) is 57.5 Å². The highest BCUT2D eigenvalue weighted by atomic mass is 15.0. The van der Waals surface area contributed by atoms with E-state index in [9.17, 15) is 0 Å². The minimum absolute atomic E-state index is 0.428. The highest BCUT2D eigenvalue weighted by molar-refractivity contribution is 5.29. The third-order valence-corrected chi connectivity index (χ3v) is 4.96. The molecule has 17 heavy (non-hydrogen) atoms. The Balaban J connectivity index is 1.88. The molecule has 1 heterocycles. The van der Waals surface area contributed by atoms with E-state index in [-0.39, 0.29) is 0 Å². The SMILES string of the molecule is C[C@H]1Cc2ccccc2CNC12CCCCC2. The van der Waals surface area contributed by atoms with Crippen molar-refractivity contribution in [3.8, 4) is 0 Å². The fourth-order valence-corrected chi connectivity index (χ4v) is 3.75. The first-order chi connectivity index (χ1) is 8.30. The molecule has 1 atom stereocenters. The summed E-state index contributed by atoms with van der Waals surface area (Å²) in [6.45, 7) is 3.51. The molecule has 0 saturated heterocycles. The molecule has 1 aromatic carbocycles. The summed E-state index contributed by atoms with van der Waals surface area (Å²) in [5.74, 6) is 0.770. The normalized spacial score (nSPS) is 27.5. The van der Waals surface area contributed by atoms with Gasteiger partial charge in [-0.2, -0.15) is 0 Å². The van der Waals surface area contributed by atoms with Gasteiger partial charge in [-0.05, 0) is 36.3 Å². The molecule has 0 radical (unpaired) electrons. The number of fused-ring (bicyclic) bond motifs is 1. The molecular weight excluding hydrogens is 206 g/mol. The van der Waals surface area contributed by atoms with Crippen LogP contribution in [0.1, 0.15) is 50.2 Å². The molecule has 0 amide bonds. The molecular formula is C16H23N. The van der Waals surface area contributed by atoms with E-state index in [1.54, 1.807) is 5.56 Å². The van der Waals surface area contributed by atoms with Gasteiger partial charge in [0.15, 0.2) is 0 Å². The van der Waals surface area contributed by atoms with Gasteiger partial charge in [-0.3, -0.25) is 0 Å². The lowest BCUT2D eigenvalue weighted by Gasteiger charge is -2.42. The summed E-state index contributed by atoms with van der Waals surface area (Å²) in [7, 11) is 0. The summed E-state index contributed by atoms with van der Waals surface area (Å²) < 4.78 is 0. The summed E-state index contributed by atoms with van der Waals surface area (Å²) >= 11 is 0. The average molecular weight is 229 g/mol. The van der Waals surface area contributed by atoms with Gasteiger partial charge < -0.3 is 5.32 Å². The van der Waals surface area contributed by atoms with Crippen molar-refractivity contribution in [1.82, 2.24) is 5.32 Å². The van der Waals surface area contributed by atoms with E-state index in [1.807, 2.05) is 0 Å². The molecule has 2 aliphatic rings. The summed E-state index contributed by atoms with van der Waals surface area (Å²) in [5, 5.41) is 3.90. The largest absolute Gasteiger partial charge is 0.307 e. The van der Waals surface area contributed by atoms with Gasteiger partial charge in [-0.1, -0.05) is 50.5 Å². The number of benzene rings is 1. The smallest absolute Gasteiger partial charge is 0.0213 e. The molecule has 3 rings (SSSR count). The van der Waals surface area contributed by atoms with Crippen LogP contribution in [0, 0.1) is 5.92 Å². The van der Waals surface area contributed by atoms with Crippen LogP contribution < -0.4 is 5.32 Å². The van der Waals surface area contributed by atoms with E-state index in [2.05, 4.69) is 36.5 Å². The Labute approximate surface area is 105 Å². The van der Waals surface area contributed by atoms with E-state index >= 15 is 0 Å². The second-order valence-electron chi connectivity index (χ2n) is 5.94. The Morgan fingerprint density at radius 1 is 1.06 bits per heavy atom. The minimum atomic E-state index is 0.428. The third-order valence-electron chi connectivity index (χ3n) is 4.96. The molecule has 0 aromatic heterocycles. The van der Waals surface area contributed by atoms with Crippen molar-refractivity contribution in [2.75, 3.05) is 0 Å². The fraction of sp³-hybridized carbons (Fsp3) is 0.625. The van der Waals surface area contributed by atoms with Crippen molar-refractivity contribution < 1.29 is 0 Å². The van der Waals surface area contributed by atoms with Crippen LogP contribution in [-0.4, -0.2) is 5.54 Å². The van der Waals surface area contributed by atoms with E-state index in [0.717, 1.165) is 12.5 Å². The summed E-state index contributed by atoms with van der Waals surface area (Å²) in [5.41, 5.74) is 3.51.